The summed E-state index contributed by atoms with van der Waals surface area (Å²) >= 11 is 0. The third-order valence-corrected chi connectivity index (χ3v) is 7.91. The van der Waals surface area contributed by atoms with Crippen LogP contribution in [-0.2, 0) is 14.3 Å². The number of aliphatic carboxylic acids is 1. The van der Waals surface area contributed by atoms with E-state index in [1.54, 1.807) is 4.90 Å². The number of carboxylic acid groups (broad SMARTS) is 1. The van der Waals surface area contributed by atoms with Gasteiger partial charge in [0.1, 0.15) is 6.61 Å². The molecule has 2 atom stereocenters. The second kappa shape index (κ2) is 9.36. The minimum Gasteiger partial charge on any atom is -0.481 e. The van der Waals surface area contributed by atoms with Gasteiger partial charge in [-0.05, 0) is 41.5 Å². The first-order valence-electron chi connectivity index (χ1n) is 12.5. The number of hydrogen-bond acceptors (Lipinski definition) is 4. The second-order valence-corrected chi connectivity index (χ2v) is 10.2. The molecule has 1 saturated heterocycles. The van der Waals surface area contributed by atoms with Crippen molar-refractivity contribution >= 4 is 18.0 Å². The Balaban J connectivity index is 1.19. The molecule has 5 rings (SSSR count). The lowest BCUT2D eigenvalue weighted by atomic mass is 9.93. The minimum atomic E-state index is -0.820. The van der Waals surface area contributed by atoms with Crippen molar-refractivity contribution in [3.8, 4) is 11.1 Å². The van der Waals surface area contributed by atoms with Gasteiger partial charge in [-0.25, -0.2) is 4.79 Å². The summed E-state index contributed by atoms with van der Waals surface area (Å²) in [5.74, 6) is -1.42. The average Bonchev–Trinajstić information content (AvgIpc) is 3.39. The molecule has 184 valence electrons. The second-order valence-electron chi connectivity index (χ2n) is 10.2. The van der Waals surface area contributed by atoms with E-state index in [-0.39, 0.29) is 42.9 Å². The third kappa shape index (κ3) is 4.51. The normalized spacial score (nSPS) is 20.3. The van der Waals surface area contributed by atoms with Crippen LogP contribution in [0.25, 0.3) is 11.1 Å². The topological polar surface area (TPSA) is 95.9 Å². The van der Waals surface area contributed by atoms with E-state index in [2.05, 4.69) is 29.6 Å². The van der Waals surface area contributed by atoms with Gasteiger partial charge < -0.3 is 20.1 Å². The first-order valence-corrected chi connectivity index (χ1v) is 12.5. The van der Waals surface area contributed by atoms with Crippen molar-refractivity contribution in [3.63, 3.8) is 0 Å². The summed E-state index contributed by atoms with van der Waals surface area (Å²) in [5, 5.41) is 12.4. The largest absolute Gasteiger partial charge is 0.481 e. The number of nitrogens with zero attached hydrogens (tertiary/aromatic N) is 1. The fraction of sp³-hybridized carbons (Fsp3) is 0.464. The number of carbonyl (C=O) groups excluding carboxylic acids is 2. The van der Waals surface area contributed by atoms with E-state index in [0.717, 1.165) is 30.4 Å². The molecule has 2 aliphatic carbocycles. The van der Waals surface area contributed by atoms with Crippen molar-refractivity contribution in [1.82, 2.24) is 10.2 Å². The van der Waals surface area contributed by atoms with Crippen LogP contribution in [0, 0.1) is 11.3 Å². The van der Waals surface area contributed by atoms with Gasteiger partial charge in [-0.2, -0.15) is 0 Å². The molecule has 35 heavy (non-hydrogen) atoms. The molecule has 0 aromatic heterocycles. The van der Waals surface area contributed by atoms with Crippen molar-refractivity contribution in [3.05, 3.63) is 59.7 Å². The van der Waals surface area contributed by atoms with Crippen LogP contribution in [0.15, 0.2) is 48.5 Å². The highest BCUT2D eigenvalue weighted by molar-refractivity contribution is 5.81. The molecule has 1 aliphatic heterocycles. The van der Waals surface area contributed by atoms with Crippen molar-refractivity contribution in [2.75, 3.05) is 19.7 Å². The van der Waals surface area contributed by atoms with E-state index >= 15 is 0 Å². The fourth-order valence-corrected chi connectivity index (χ4v) is 5.89. The summed E-state index contributed by atoms with van der Waals surface area (Å²) in [6.45, 7) is 3.00. The van der Waals surface area contributed by atoms with Gasteiger partial charge in [-0.3, -0.25) is 9.59 Å². The highest BCUT2D eigenvalue weighted by Crippen LogP contribution is 2.56. The number of hydrogen-bond donors (Lipinski definition) is 2. The zero-order valence-corrected chi connectivity index (χ0v) is 20.0. The molecule has 2 fully saturated rings. The van der Waals surface area contributed by atoms with Crippen LogP contribution in [0.2, 0.25) is 0 Å². The summed E-state index contributed by atoms with van der Waals surface area (Å²) < 4.78 is 5.66. The maximum Gasteiger partial charge on any atom is 0.407 e. The van der Waals surface area contributed by atoms with E-state index in [4.69, 9.17) is 4.74 Å². The lowest BCUT2D eigenvalue weighted by Crippen LogP contribution is -2.41. The number of carboxylic acids is 1. The van der Waals surface area contributed by atoms with Crippen molar-refractivity contribution in [1.29, 1.82) is 0 Å². The van der Waals surface area contributed by atoms with E-state index < -0.39 is 18.0 Å². The summed E-state index contributed by atoms with van der Waals surface area (Å²) in [6.07, 6.45) is 2.82. The quantitative estimate of drug-likeness (QED) is 0.589. The highest BCUT2D eigenvalue weighted by Gasteiger charge is 2.58. The first kappa shape index (κ1) is 23.4. The number of likely N-dealkylation sites (tertiary alicyclic amines) is 1. The molecule has 1 saturated carbocycles. The maximum atomic E-state index is 13.0. The van der Waals surface area contributed by atoms with Gasteiger partial charge in [0.2, 0.25) is 5.91 Å². The molecule has 1 heterocycles. The van der Waals surface area contributed by atoms with Gasteiger partial charge in [-0.15, -0.1) is 0 Å². The zero-order valence-electron chi connectivity index (χ0n) is 20.0. The highest BCUT2D eigenvalue weighted by atomic mass is 16.5. The van der Waals surface area contributed by atoms with Crippen LogP contribution < -0.4 is 5.32 Å². The summed E-state index contributed by atoms with van der Waals surface area (Å²) in [6, 6.07) is 16.0. The average molecular weight is 477 g/mol. The summed E-state index contributed by atoms with van der Waals surface area (Å²) in [7, 11) is 0. The number of rotatable bonds is 8. The van der Waals surface area contributed by atoms with Crippen molar-refractivity contribution < 1.29 is 24.2 Å². The van der Waals surface area contributed by atoms with E-state index in [1.165, 1.54) is 11.1 Å². The Hall–Kier alpha value is -3.35. The number of amides is 2. The third-order valence-electron chi connectivity index (χ3n) is 7.91. The Labute approximate surface area is 205 Å². The van der Waals surface area contributed by atoms with Gasteiger partial charge >= 0.3 is 12.1 Å². The smallest absolute Gasteiger partial charge is 0.407 e. The molecule has 2 amide bonds. The van der Waals surface area contributed by atoms with Gasteiger partial charge in [0, 0.05) is 36.9 Å². The van der Waals surface area contributed by atoms with Gasteiger partial charge in [0.25, 0.3) is 0 Å². The molecule has 7 heteroatoms. The molecular formula is C28H32N2O5. The van der Waals surface area contributed by atoms with Crippen LogP contribution in [0.1, 0.15) is 56.1 Å². The fourth-order valence-electron chi connectivity index (χ4n) is 5.89. The van der Waals surface area contributed by atoms with E-state index in [1.807, 2.05) is 31.2 Å². The molecule has 2 aromatic rings. The van der Waals surface area contributed by atoms with E-state index in [9.17, 15) is 19.5 Å². The van der Waals surface area contributed by atoms with Gasteiger partial charge in [0.15, 0.2) is 0 Å². The van der Waals surface area contributed by atoms with E-state index in [0.29, 0.717) is 13.0 Å². The molecular weight excluding hydrogens is 444 g/mol. The zero-order chi connectivity index (χ0) is 24.6. The minimum absolute atomic E-state index is 0.0216. The Kier molecular flexibility index (Phi) is 6.26. The predicted molar refractivity (Wildman–Crippen MR) is 131 cm³/mol. The molecule has 1 spiro atoms. The lowest BCUT2D eigenvalue weighted by molar-refractivity contribution is -0.143. The standard InChI is InChI=1S/C28H32N2O5/c1-2-7-18(14-25(31)30-15-24(26(32)33)28(17-30)12-13-28)29-27(34)35-16-23-21-10-5-3-8-19(21)20-9-4-6-11-22(20)23/h3-6,8-11,18,23-24H,2,7,12-17H2,1H3,(H,29,34)(H,32,33). The SMILES string of the molecule is CCCC(CC(=O)N1CC(C(=O)O)C2(CC2)C1)NC(=O)OCC1c2ccccc2-c2ccccc21. The molecule has 3 aliphatic rings. The molecule has 2 aromatic carbocycles. The van der Waals surface area contributed by atoms with Gasteiger partial charge in [0.05, 0.1) is 5.92 Å². The van der Waals surface area contributed by atoms with Crippen LogP contribution >= 0.6 is 0 Å². The molecule has 0 bridgehead atoms. The molecule has 0 radical (unpaired) electrons. The number of carbonyl (C=O) groups is 3. The summed E-state index contributed by atoms with van der Waals surface area (Å²) in [4.78, 5) is 39.0. The Morgan fingerprint density at radius 2 is 1.71 bits per heavy atom. The van der Waals surface area contributed by atoms with Crippen LogP contribution in [0.3, 0.4) is 0 Å². The van der Waals surface area contributed by atoms with Crippen LogP contribution in [-0.4, -0.2) is 53.7 Å². The Bertz CT molecular complexity index is 1100. The molecule has 7 nitrogen and oxygen atoms in total. The number of alkyl carbamates (subject to hydrolysis) is 1. The first-order chi connectivity index (χ1) is 16.9. The maximum absolute atomic E-state index is 13.0. The Morgan fingerprint density at radius 3 is 2.26 bits per heavy atom. The summed E-state index contributed by atoms with van der Waals surface area (Å²) in [5.41, 5.74) is 4.41. The predicted octanol–water partition coefficient (Wildman–Crippen LogP) is 4.41. The molecule has 2 unspecified atom stereocenters. The van der Waals surface area contributed by atoms with Crippen molar-refractivity contribution in [2.24, 2.45) is 11.3 Å². The number of fused-ring (bicyclic) bond motifs is 3. The van der Waals surface area contributed by atoms with Crippen LogP contribution in [0.5, 0.6) is 0 Å². The van der Waals surface area contributed by atoms with Crippen LogP contribution in [0.4, 0.5) is 4.79 Å². The van der Waals surface area contributed by atoms with Crippen molar-refractivity contribution in [2.45, 2.75) is 51.0 Å². The molecule has 2 N–H and O–H groups in total. The monoisotopic (exact) mass is 476 g/mol. The number of benzene rings is 2. The van der Waals surface area contributed by atoms with Gasteiger partial charge in [-0.1, -0.05) is 61.9 Å². The Morgan fingerprint density at radius 1 is 1.09 bits per heavy atom. The number of ether oxygens (including phenoxy) is 1. The number of nitrogens with one attached hydrogen (secondary N) is 1. The lowest BCUT2D eigenvalue weighted by Gasteiger charge is -2.22.